The Morgan fingerprint density at radius 1 is 1.25 bits per heavy atom. The third-order valence-electron chi connectivity index (χ3n) is 5.90. The van der Waals surface area contributed by atoms with Gasteiger partial charge in [0.2, 0.25) is 5.91 Å². The smallest absolute Gasteiger partial charge is 0.269 e. The number of aromatic nitrogens is 3. The largest absolute Gasteiger partial charge is 0.497 e. The maximum absolute atomic E-state index is 12.7. The standard InChI is InChI=1S/C24H24N8O4/c1-36-16-9-11-28-18(13-16)29-24(35)15-6-4-14(5-7-15)20-21(22(26)34)32(27)23(30-20)17-3-2-12-31(17)19(33)8-10-25/h4-7,9,11,13,17H,2-3,8,12,27H2,1H3,(H2,26,34)(H,28,29,35)/t17-/m0/s1. The number of imidazole rings is 1. The van der Waals surface area contributed by atoms with E-state index >= 15 is 0 Å². The van der Waals surface area contributed by atoms with E-state index in [-0.39, 0.29) is 29.6 Å². The number of rotatable bonds is 7. The molecule has 3 amide bonds. The number of methoxy groups -OCH3 is 1. The molecule has 2 aromatic heterocycles. The summed E-state index contributed by atoms with van der Waals surface area (Å²) in [7, 11) is 1.52. The summed E-state index contributed by atoms with van der Waals surface area (Å²) in [5.41, 5.74) is 6.68. The molecule has 4 rings (SSSR count). The van der Waals surface area contributed by atoms with Crippen molar-refractivity contribution in [2.75, 3.05) is 24.8 Å². The van der Waals surface area contributed by atoms with Crippen LogP contribution in [-0.4, -0.2) is 50.9 Å². The Balaban J connectivity index is 1.62. The van der Waals surface area contributed by atoms with E-state index in [1.165, 1.54) is 13.3 Å². The van der Waals surface area contributed by atoms with Crippen molar-refractivity contribution in [3.05, 3.63) is 59.7 Å². The van der Waals surface area contributed by atoms with Gasteiger partial charge >= 0.3 is 0 Å². The summed E-state index contributed by atoms with van der Waals surface area (Å²) in [6.45, 7) is 0.464. The lowest BCUT2D eigenvalue weighted by molar-refractivity contribution is -0.131. The van der Waals surface area contributed by atoms with Gasteiger partial charge < -0.3 is 26.5 Å². The zero-order valence-corrected chi connectivity index (χ0v) is 19.5. The fraction of sp³-hybridized carbons (Fsp3) is 0.250. The molecular weight excluding hydrogens is 464 g/mol. The number of carbonyl (C=O) groups excluding carboxylic acids is 3. The van der Waals surface area contributed by atoms with Gasteiger partial charge in [-0.2, -0.15) is 5.26 Å². The Kier molecular flexibility index (Phi) is 6.82. The van der Waals surface area contributed by atoms with Gasteiger partial charge in [-0.15, -0.1) is 0 Å². The average molecular weight is 489 g/mol. The summed E-state index contributed by atoms with van der Waals surface area (Å²) in [6, 6.07) is 11.0. The molecule has 1 atom stereocenters. The van der Waals surface area contributed by atoms with Gasteiger partial charge in [-0.3, -0.25) is 14.4 Å². The molecule has 36 heavy (non-hydrogen) atoms. The third kappa shape index (κ3) is 4.67. The number of nitriles is 1. The molecule has 0 bridgehead atoms. The maximum Gasteiger partial charge on any atom is 0.269 e. The first-order valence-electron chi connectivity index (χ1n) is 11.1. The number of nitrogens with two attached hydrogens (primary N) is 2. The first kappa shape index (κ1) is 24.2. The number of primary amides is 1. The number of likely N-dealkylation sites (tertiary alicyclic amines) is 1. The summed E-state index contributed by atoms with van der Waals surface area (Å²) < 4.78 is 6.24. The molecule has 0 radical (unpaired) electrons. The topological polar surface area (TPSA) is 182 Å². The van der Waals surface area contributed by atoms with E-state index in [4.69, 9.17) is 21.6 Å². The predicted molar refractivity (Wildman–Crippen MR) is 129 cm³/mol. The van der Waals surface area contributed by atoms with Crippen molar-refractivity contribution in [1.29, 1.82) is 5.26 Å². The van der Waals surface area contributed by atoms with Gasteiger partial charge in [0.15, 0.2) is 11.5 Å². The highest BCUT2D eigenvalue weighted by molar-refractivity contribution is 6.04. The Bertz CT molecular complexity index is 1360. The van der Waals surface area contributed by atoms with Gasteiger partial charge in [0, 0.05) is 29.9 Å². The van der Waals surface area contributed by atoms with Crippen LogP contribution in [0.3, 0.4) is 0 Å². The highest BCUT2D eigenvalue weighted by atomic mass is 16.5. The highest BCUT2D eigenvalue weighted by Gasteiger charge is 2.35. The lowest BCUT2D eigenvalue weighted by atomic mass is 10.1. The number of nitrogen functional groups attached to an aromatic ring is 1. The minimum absolute atomic E-state index is 0.0256. The van der Waals surface area contributed by atoms with Crippen LogP contribution in [0.15, 0.2) is 42.6 Å². The van der Waals surface area contributed by atoms with Crippen molar-refractivity contribution >= 4 is 23.5 Å². The van der Waals surface area contributed by atoms with E-state index in [0.717, 1.165) is 4.68 Å². The summed E-state index contributed by atoms with van der Waals surface area (Å²) >= 11 is 0. The highest BCUT2D eigenvalue weighted by Crippen LogP contribution is 2.34. The molecular formula is C24H24N8O4. The van der Waals surface area contributed by atoms with Crippen molar-refractivity contribution < 1.29 is 19.1 Å². The van der Waals surface area contributed by atoms with Crippen LogP contribution in [0.2, 0.25) is 0 Å². The Morgan fingerprint density at radius 2 is 2.00 bits per heavy atom. The molecule has 5 N–H and O–H groups in total. The van der Waals surface area contributed by atoms with Gasteiger partial charge in [-0.05, 0) is 31.0 Å². The van der Waals surface area contributed by atoms with E-state index < -0.39 is 11.9 Å². The van der Waals surface area contributed by atoms with Crippen molar-refractivity contribution in [3.63, 3.8) is 0 Å². The molecule has 1 aromatic carbocycles. The monoisotopic (exact) mass is 488 g/mol. The molecule has 0 aliphatic carbocycles. The van der Waals surface area contributed by atoms with E-state index in [1.807, 2.05) is 6.07 Å². The van der Waals surface area contributed by atoms with Gasteiger partial charge in [0.1, 0.15) is 23.7 Å². The lowest BCUT2D eigenvalue weighted by Crippen LogP contribution is -2.33. The van der Waals surface area contributed by atoms with Crippen LogP contribution in [0, 0.1) is 11.3 Å². The molecule has 184 valence electrons. The predicted octanol–water partition coefficient (Wildman–Crippen LogP) is 1.60. The van der Waals surface area contributed by atoms with Crippen LogP contribution in [0.25, 0.3) is 11.3 Å². The van der Waals surface area contributed by atoms with E-state index in [1.54, 1.807) is 41.3 Å². The number of ether oxygens (including phenoxy) is 1. The van der Waals surface area contributed by atoms with Crippen LogP contribution < -0.4 is 21.6 Å². The molecule has 1 saturated heterocycles. The lowest BCUT2D eigenvalue weighted by Gasteiger charge is -2.23. The number of hydrogen-bond donors (Lipinski definition) is 3. The normalized spacial score (nSPS) is 14.8. The van der Waals surface area contributed by atoms with Gasteiger partial charge in [0.05, 0.1) is 19.2 Å². The third-order valence-corrected chi connectivity index (χ3v) is 5.90. The molecule has 0 saturated carbocycles. The number of nitrogens with zero attached hydrogens (tertiary/aromatic N) is 5. The van der Waals surface area contributed by atoms with Crippen molar-refractivity contribution in [2.24, 2.45) is 5.73 Å². The second-order valence-electron chi connectivity index (χ2n) is 8.09. The Morgan fingerprint density at radius 3 is 2.67 bits per heavy atom. The molecule has 1 aliphatic heterocycles. The quantitative estimate of drug-likeness (QED) is 0.419. The van der Waals surface area contributed by atoms with Gasteiger partial charge in [0.25, 0.3) is 11.8 Å². The number of pyridine rings is 1. The van der Waals surface area contributed by atoms with E-state index in [2.05, 4.69) is 15.3 Å². The van der Waals surface area contributed by atoms with Crippen molar-refractivity contribution in [2.45, 2.75) is 25.3 Å². The second-order valence-corrected chi connectivity index (χ2v) is 8.09. The molecule has 12 nitrogen and oxygen atoms in total. The first-order chi connectivity index (χ1) is 17.3. The number of anilines is 1. The zero-order chi connectivity index (χ0) is 25.8. The van der Waals surface area contributed by atoms with Crippen LogP contribution in [0.4, 0.5) is 5.82 Å². The molecule has 1 fully saturated rings. The van der Waals surface area contributed by atoms with Crippen molar-refractivity contribution in [1.82, 2.24) is 19.5 Å². The Hall–Kier alpha value is -4.92. The molecule has 3 aromatic rings. The number of hydrogen-bond acceptors (Lipinski definition) is 8. The van der Waals surface area contributed by atoms with E-state index in [9.17, 15) is 14.4 Å². The number of carbonyl (C=O) groups is 3. The van der Waals surface area contributed by atoms with Crippen LogP contribution in [-0.2, 0) is 4.79 Å². The first-order valence-corrected chi connectivity index (χ1v) is 11.1. The summed E-state index contributed by atoms with van der Waals surface area (Å²) in [4.78, 5) is 47.5. The second kappa shape index (κ2) is 10.1. The minimum Gasteiger partial charge on any atom is -0.497 e. The molecule has 12 heteroatoms. The van der Waals surface area contributed by atoms with Crippen LogP contribution in [0.1, 0.15) is 52.0 Å². The molecule has 0 spiro atoms. The number of nitrogens with one attached hydrogen (secondary N) is 1. The van der Waals surface area contributed by atoms with Crippen molar-refractivity contribution in [3.8, 4) is 23.1 Å². The average Bonchev–Trinajstić information content (AvgIpc) is 3.49. The molecule has 3 heterocycles. The maximum atomic E-state index is 12.7. The molecule has 1 aliphatic rings. The minimum atomic E-state index is -0.787. The van der Waals surface area contributed by atoms with E-state index in [0.29, 0.717) is 47.9 Å². The van der Waals surface area contributed by atoms with Gasteiger partial charge in [-0.1, -0.05) is 12.1 Å². The summed E-state index contributed by atoms with van der Waals surface area (Å²) in [5, 5.41) is 11.6. The Labute approximate surface area is 206 Å². The van der Waals surface area contributed by atoms with Crippen LogP contribution in [0.5, 0.6) is 5.75 Å². The number of amides is 3. The fourth-order valence-corrected chi connectivity index (χ4v) is 4.20. The molecule has 0 unspecified atom stereocenters. The zero-order valence-electron chi connectivity index (χ0n) is 19.5. The fourth-order valence-electron chi connectivity index (χ4n) is 4.20. The summed E-state index contributed by atoms with van der Waals surface area (Å²) in [5.74, 6) is 5.90. The SMILES string of the molecule is COc1ccnc(NC(=O)c2ccc(-c3nc([C@@H]4CCCN4C(=O)CC#N)n(N)c3C(N)=O)cc2)c1. The summed E-state index contributed by atoms with van der Waals surface area (Å²) in [6.07, 6.45) is 2.55. The number of benzene rings is 1. The van der Waals surface area contributed by atoms with Gasteiger partial charge in [-0.25, -0.2) is 14.6 Å². The van der Waals surface area contributed by atoms with Crippen LogP contribution >= 0.6 is 0 Å².